The summed E-state index contributed by atoms with van der Waals surface area (Å²) in [5.41, 5.74) is 3.61. The minimum atomic E-state index is -0.719. The number of pyridine rings is 1. The molecule has 0 spiro atoms. The first kappa shape index (κ1) is 54.5. The second kappa shape index (κ2) is 27.2. The van der Waals surface area contributed by atoms with E-state index in [2.05, 4.69) is 27.4 Å². The van der Waals surface area contributed by atoms with Gasteiger partial charge >= 0.3 is 6.09 Å². The topological polar surface area (TPSA) is 192 Å². The van der Waals surface area contributed by atoms with E-state index in [1.54, 1.807) is 92.8 Å². The number of aromatic hydroxyl groups is 1. The molecule has 0 bridgehead atoms. The molecule has 0 aliphatic carbocycles. The summed E-state index contributed by atoms with van der Waals surface area (Å²) >= 11 is 0. The number of amides is 2. The Balaban J connectivity index is 0.968. The molecule has 2 aromatic heterocycles. The van der Waals surface area contributed by atoms with Crippen molar-refractivity contribution in [3.05, 3.63) is 173 Å². The summed E-state index contributed by atoms with van der Waals surface area (Å²) in [5, 5.41) is 36.5. The first-order valence-electron chi connectivity index (χ1n) is 26.6. The zero-order valence-electron chi connectivity index (χ0n) is 43.9. The Morgan fingerprint density at radius 3 is 2.01 bits per heavy atom. The van der Waals surface area contributed by atoms with Gasteiger partial charge in [-0.25, -0.2) is 9.78 Å². The van der Waals surface area contributed by atoms with Gasteiger partial charge < -0.3 is 29.5 Å². The van der Waals surface area contributed by atoms with E-state index in [9.17, 15) is 24.8 Å². The maximum atomic E-state index is 14.2. The van der Waals surface area contributed by atoms with Crippen LogP contribution < -0.4 is 19.5 Å². The van der Waals surface area contributed by atoms with Crippen LogP contribution in [0.4, 0.5) is 16.2 Å². The van der Waals surface area contributed by atoms with Gasteiger partial charge in [-0.05, 0) is 80.9 Å². The second-order valence-electron chi connectivity index (χ2n) is 19.2. The Hall–Kier alpha value is -8.72. The van der Waals surface area contributed by atoms with Gasteiger partial charge in [0.2, 0.25) is 5.82 Å². The van der Waals surface area contributed by atoms with Crippen LogP contribution in [0.25, 0.3) is 44.8 Å². The highest BCUT2D eigenvalue weighted by Gasteiger charge is 2.26. The molecule has 0 saturated carbocycles. The molecule has 396 valence electrons. The number of anilines is 1. The summed E-state index contributed by atoms with van der Waals surface area (Å²) < 4.78 is 18.7. The molecule has 77 heavy (non-hydrogen) atoms. The molecule has 0 aliphatic heterocycles. The molecule has 2 amide bonds. The van der Waals surface area contributed by atoms with E-state index in [1.165, 1.54) is 87.0 Å². The molecule has 0 radical (unpaired) electrons. The zero-order chi connectivity index (χ0) is 53.9. The monoisotopic (exact) mass is 1040 g/mol. The number of nitro groups is 1. The number of nitrogens with zero attached hydrogens (tertiary/aromatic N) is 6. The van der Waals surface area contributed by atoms with Crippen molar-refractivity contribution in [1.82, 2.24) is 25.1 Å². The number of para-hydroxylation sites is 2. The van der Waals surface area contributed by atoms with Crippen molar-refractivity contribution < 1.29 is 33.8 Å². The molecule has 15 nitrogen and oxygen atoms in total. The number of hydrogen-bond acceptors (Lipinski definition) is 12. The van der Waals surface area contributed by atoms with E-state index in [0.717, 1.165) is 24.8 Å². The van der Waals surface area contributed by atoms with Crippen LogP contribution in [0.1, 0.15) is 114 Å². The van der Waals surface area contributed by atoms with Gasteiger partial charge in [-0.2, -0.15) is 0 Å². The van der Waals surface area contributed by atoms with Crippen molar-refractivity contribution in [2.24, 2.45) is 0 Å². The molecule has 15 heteroatoms. The first-order valence-corrected chi connectivity index (χ1v) is 26.6. The molecule has 8 rings (SSSR count). The quantitative estimate of drug-likeness (QED) is 0.0297. The van der Waals surface area contributed by atoms with E-state index in [0.29, 0.717) is 57.3 Å². The van der Waals surface area contributed by atoms with E-state index >= 15 is 0 Å². The van der Waals surface area contributed by atoms with Crippen LogP contribution >= 0.6 is 0 Å². The average Bonchev–Trinajstić information content (AvgIpc) is 3.45. The Bertz CT molecular complexity index is 3250. The molecular weight excluding hydrogens is 971 g/mol. The van der Waals surface area contributed by atoms with Gasteiger partial charge in [0.05, 0.1) is 29.3 Å². The molecule has 0 aliphatic rings. The normalized spacial score (nSPS) is 11.1. The number of carbonyl (C=O) groups excluding carboxylic acids is 2. The predicted molar refractivity (Wildman–Crippen MR) is 300 cm³/mol. The van der Waals surface area contributed by atoms with Crippen molar-refractivity contribution >= 4 is 34.1 Å². The Morgan fingerprint density at radius 2 is 1.32 bits per heavy atom. The van der Waals surface area contributed by atoms with Gasteiger partial charge in [0, 0.05) is 51.8 Å². The summed E-state index contributed by atoms with van der Waals surface area (Å²) in [6, 6.07) is 41.1. The minimum Gasteiger partial charge on any atom is -0.506 e. The highest BCUT2D eigenvalue weighted by atomic mass is 16.6. The third kappa shape index (κ3) is 14.6. The second-order valence-corrected chi connectivity index (χ2v) is 19.2. The fourth-order valence-electron chi connectivity index (χ4n) is 9.02. The summed E-state index contributed by atoms with van der Waals surface area (Å²) in [6.45, 7) is 6.18. The van der Waals surface area contributed by atoms with Crippen molar-refractivity contribution in [3.8, 4) is 62.8 Å². The van der Waals surface area contributed by atoms with Gasteiger partial charge in [-0.1, -0.05) is 150 Å². The molecule has 0 atom stereocenters. The number of aromatic nitrogens is 4. The van der Waals surface area contributed by atoms with Gasteiger partial charge in [0.1, 0.15) is 45.8 Å². The summed E-state index contributed by atoms with van der Waals surface area (Å²) in [7, 11) is 0. The number of benzene rings is 6. The molecule has 0 unspecified atom stereocenters. The molecule has 0 saturated heterocycles. The van der Waals surface area contributed by atoms with E-state index in [1.807, 2.05) is 48.5 Å². The molecule has 2 heterocycles. The average molecular weight is 1040 g/mol. The van der Waals surface area contributed by atoms with Crippen LogP contribution in [-0.4, -0.2) is 59.7 Å². The van der Waals surface area contributed by atoms with Crippen LogP contribution in [0.3, 0.4) is 0 Å². The lowest BCUT2D eigenvalue weighted by Gasteiger charge is -2.27. The number of hydrogen-bond donors (Lipinski definition) is 2. The number of nitrogens with one attached hydrogen (secondary N) is 1. The van der Waals surface area contributed by atoms with Crippen LogP contribution in [0.15, 0.2) is 152 Å². The Kier molecular flexibility index (Phi) is 19.3. The largest absolute Gasteiger partial charge is 0.506 e. The number of phenols is 1. The van der Waals surface area contributed by atoms with Gasteiger partial charge in [-0.15, -0.1) is 10.2 Å². The third-order valence-electron chi connectivity index (χ3n) is 13.2. The number of nitro benzene ring substituents is 1. The third-order valence-corrected chi connectivity index (χ3v) is 13.2. The summed E-state index contributed by atoms with van der Waals surface area (Å²) in [6.07, 6.45) is 15.8. The summed E-state index contributed by atoms with van der Waals surface area (Å²) in [4.78, 5) is 50.6. The van der Waals surface area contributed by atoms with Gasteiger partial charge in [0.15, 0.2) is 0 Å². The van der Waals surface area contributed by atoms with E-state index in [-0.39, 0.29) is 46.4 Å². The van der Waals surface area contributed by atoms with Crippen LogP contribution in [0.2, 0.25) is 0 Å². The Labute approximate surface area is 449 Å². The molecule has 8 aromatic rings. The number of carbonyl (C=O) groups is 2. The Morgan fingerprint density at radius 1 is 0.675 bits per heavy atom. The predicted octanol–water partition coefficient (Wildman–Crippen LogP) is 15.6. The van der Waals surface area contributed by atoms with Crippen molar-refractivity contribution in [2.45, 2.75) is 110 Å². The maximum absolute atomic E-state index is 14.2. The molecule has 2 N–H and O–H groups in total. The maximum Gasteiger partial charge on any atom is 0.415 e. The van der Waals surface area contributed by atoms with Crippen molar-refractivity contribution in [1.29, 1.82) is 0 Å². The standard InChI is InChI=1S/C62H65N7O8/c1-4-5-6-7-8-9-10-11-12-13-14-24-39-75-55-31-21-20-29-52(55)64-61(71)51-41-56(49-27-18-19-28-50(49)59(51)70)77-54-37-34-47(69(73)74)40-46(54)42-68(43(2)3)62(72)76-48-35-32-45(33-36-48)57-58(44-25-16-15-17-26-44)66-67-60(65-57)53-30-22-23-38-63-53/h15-23,25-38,40-41,43,70H,4-14,24,39,42H2,1-3H3,(H,64,71). The van der Waals surface area contributed by atoms with E-state index < -0.39 is 23.0 Å². The number of ether oxygens (including phenoxy) is 3. The van der Waals surface area contributed by atoms with Crippen LogP contribution in [-0.2, 0) is 6.54 Å². The van der Waals surface area contributed by atoms with Gasteiger partial charge in [-0.3, -0.25) is 19.9 Å². The van der Waals surface area contributed by atoms with Crippen LogP contribution in [0.5, 0.6) is 28.7 Å². The van der Waals surface area contributed by atoms with Gasteiger partial charge in [0.25, 0.3) is 11.6 Å². The van der Waals surface area contributed by atoms with Crippen molar-refractivity contribution in [3.63, 3.8) is 0 Å². The number of fused-ring (bicyclic) bond motifs is 1. The number of phenolic OH excluding ortho intramolecular Hbond substituents is 1. The fourth-order valence-corrected chi connectivity index (χ4v) is 9.02. The lowest BCUT2D eigenvalue weighted by atomic mass is 10.0. The summed E-state index contributed by atoms with van der Waals surface area (Å²) in [5.74, 6) is 0.595. The van der Waals surface area contributed by atoms with Crippen molar-refractivity contribution in [2.75, 3.05) is 11.9 Å². The number of rotatable bonds is 26. The smallest absolute Gasteiger partial charge is 0.415 e. The molecule has 6 aromatic carbocycles. The van der Waals surface area contributed by atoms with Crippen LogP contribution in [0, 0.1) is 10.1 Å². The number of non-ortho nitro benzene ring substituents is 1. The van der Waals surface area contributed by atoms with E-state index in [4.69, 9.17) is 19.2 Å². The lowest BCUT2D eigenvalue weighted by molar-refractivity contribution is -0.385. The highest BCUT2D eigenvalue weighted by Crippen LogP contribution is 2.41. The SMILES string of the molecule is CCCCCCCCCCCCCCOc1ccccc1NC(=O)c1cc(Oc2ccc([N+](=O)[O-])cc2CN(C(=O)Oc2ccc(-c3nc(-c4ccccn4)nnc3-c3ccccc3)cc2)C(C)C)c2ccccc2c1O. The minimum absolute atomic E-state index is 0.0720. The molecule has 0 fully saturated rings. The first-order chi connectivity index (χ1) is 37.6. The molecular formula is C62H65N7O8. The lowest BCUT2D eigenvalue weighted by Crippen LogP contribution is -2.38. The zero-order valence-corrected chi connectivity index (χ0v) is 43.9. The highest BCUT2D eigenvalue weighted by molar-refractivity contribution is 6.11. The fraction of sp³-hybridized carbons (Fsp3) is 0.290. The number of unbranched alkanes of at least 4 members (excludes halogenated alkanes) is 11.